The number of pyridine rings is 1. The van der Waals surface area contributed by atoms with E-state index in [4.69, 9.17) is 10.3 Å². The summed E-state index contributed by atoms with van der Waals surface area (Å²) in [7, 11) is 0. The van der Waals surface area contributed by atoms with Gasteiger partial charge < -0.3 is 15.6 Å². The fourth-order valence-corrected chi connectivity index (χ4v) is 1.25. The Morgan fingerprint density at radius 2 is 2.41 bits per heavy atom. The average molecular weight is 233 g/mol. The normalized spacial score (nSPS) is 10.2. The highest BCUT2D eigenvalue weighted by Crippen LogP contribution is 2.20. The zero-order valence-electron chi connectivity index (χ0n) is 9.17. The summed E-state index contributed by atoms with van der Waals surface area (Å²) >= 11 is 0. The van der Waals surface area contributed by atoms with Gasteiger partial charge in [0.2, 0.25) is 0 Å². The van der Waals surface area contributed by atoms with Crippen LogP contribution in [0.1, 0.15) is 17.5 Å². The molecule has 0 aliphatic heterocycles. The molecule has 0 saturated carbocycles. The van der Waals surface area contributed by atoms with Crippen LogP contribution in [0, 0.1) is 0 Å². The zero-order chi connectivity index (χ0) is 12.3. The Hall–Kier alpha value is -2.44. The van der Waals surface area contributed by atoms with Gasteiger partial charge in [-0.1, -0.05) is 5.16 Å². The van der Waals surface area contributed by atoms with Crippen LogP contribution in [0.5, 0.6) is 0 Å². The summed E-state index contributed by atoms with van der Waals surface area (Å²) < 4.78 is 4.93. The van der Waals surface area contributed by atoms with Crippen LogP contribution in [-0.4, -0.2) is 27.6 Å². The molecule has 2 rings (SSSR count). The first-order valence-corrected chi connectivity index (χ1v) is 5.05. The Balaban J connectivity index is 2.30. The molecule has 7 heteroatoms. The van der Waals surface area contributed by atoms with Crippen LogP contribution in [0.15, 0.2) is 22.9 Å². The summed E-state index contributed by atoms with van der Waals surface area (Å²) in [6, 6.07) is 3.36. The van der Waals surface area contributed by atoms with Crippen molar-refractivity contribution in [3.63, 3.8) is 0 Å². The number of carbonyl (C=O) groups excluding carboxylic acids is 1. The van der Waals surface area contributed by atoms with Crippen molar-refractivity contribution in [1.82, 2.24) is 20.4 Å². The van der Waals surface area contributed by atoms with E-state index in [1.165, 1.54) is 0 Å². The van der Waals surface area contributed by atoms with Crippen LogP contribution >= 0.6 is 0 Å². The molecular weight excluding hydrogens is 222 g/mol. The summed E-state index contributed by atoms with van der Waals surface area (Å²) in [6.45, 7) is 2.30. The molecule has 0 aromatic carbocycles. The van der Waals surface area contributed by atoms with Gasteiger partial charge in [0.25, 0.3) is 17.6 Å². The van der Waals surface area contributed by atoms with Gasteiger partial charge in [0.15, 0.2) is 5.69 Å². The third-order valence-corrected chi connectivity index (χ3v) is 2.01. The van der Waals surface area contributed by atoms with Gasteiger partial charge >= 0.3 is 0 Å². The average Bonchev–Trinajstić information content (AvgIpc) is 2.79. The fourth-order valence-electron chi connectivity index (χ4n) is 1.25. The molecule has 0 spiro atoms. The maximum atomic E-state index is 11.4. The number of carbonyl (C=O) groups is 1. The van der Waals surface area contributed by atoms with Gasteiger partial charge in [0.1, 0.15) is 0 Å². The Labute approximate surface area is 97.0 Å². The molecule has 2 aromatic rings. The van der Waals surface area contributed by atoms with Crippen molar-refractivity contribution in [3.8, 4) is 11.6 Å². The summed E-state index contributed by atoms with van der Waals surface area (Å²) in [5, 5.41) is 6.12. The molecule has 0 bridgehead atoms. The molecule has 88 valence electrons. The number of hydrogen-bond donors (Lipinski definition) is 2. The second-order valence-corrected chi connectivity index (χ2v) is 3.22. The van der Waals surface area contributed by atoms with Crippen molar-refractivity contribution >= 4 is 11.6 Å². The van der Waals surface area contributed by atoms with Crippen LogP contribution < -0.4 is 11.1 Å². The number of nitrogen functional groups attached to an aromatic ring is 1. The SMILES string of the molecule is CCNC(=O)c1noc(-c2ncccc2N)n1. The lowest BCUT2D eigenvalue weighted by Gasteiger charge is -1.96. The number of nitrogens with one attached hydrogen (secondary N) is 1. The number of aromatic nitrogens is 3. The lowest BCUT2D eigenvalue weighted by Crippen LogP contribution is -2.23. The predicted molar refractivity (Wildman–Crippen MR) is 59.9 cm³/mol. The van der Waals surface area contributed by atoms with Gasteiger partial charge in [-0.05, 0) is 19.1 Å². The molecule has 2 aromatic heterocycles. The lowest BCUT2D eigenvalue weighted by atomic mass is 10.3. The lowest BCUT2D eigenvalue weighted by molar-refractivity contribution is 0.0942. The summed E-state index contributed by atoms with van der Waals surface area (Å²) in [4.78, 5) is 19.4. The summed E-state index contributed by atoms with van der Waals surface area (Å²) in [6.07, 6.45) is 1.56. The predicted octanol–water partition coefficient (Wildman–Crippen LogP) is 0.464. The van der Waals surface area contributed by atoms with E-state index in [1.807, 2.05) is 0 Å². The van der Waals surface area contributed by atoms with Gasteiger partial charge in [0, 0.05) is 12.7 Å². The minimum atomic E-state index is -0.392. The highest BCUT2D eigenvalue weighted by Gasteiger charge is 2.16. The molecule has 1 amide bonds. The molecule has 2 heterocycles. The molecular formula is C10H11N5O2. The van der Waals surface area contributed by atoms with Crippen molar-refractivity contribution in [2.45, 2.75) is 6.92 Å². The highest BCUT2D eigenvalue weighted by molar-refractivity contribution is 5.90. The van der Waals surface area contributed by atoms with Crippen molar-refractivity contribution in [3.05, 3.63) is 24.2 Å². The van der Waals surface area contributed by atoms with Crippen LogP contribution in [0.3, 0.4) is 0 Å². The minimum absolute atomic E-state index is 0.0353. The number of rotatable bonds is 3. The highest BCUT2D eigenvalue weighted by atomic mass is 16.5. The Kier molecular flexibility index (Phi) is 2.99. The number of nitrogens with two attached hydrogens (primary N) is 1. The van der Waals surface area contributed by atoms with Crippen LogP contribution in [-0.2, 0) is 0 Å². The van der Waals surface area contributed by atoms with Crippen LogP contribution in [0.4, 0.5) is 5.69 Å². The van der Waals surface area contributed by atoms with Gasteiger partial charge in [-0.25, -0.2) is 4.98 Å². The minimum Gasteiger partial charge on any atom is -0.397 e. The molecule has 0 unspecified atom stereocenters. The molecule has 7 nitrogen and oxygen atoms in total. The van der Waals surface area contributed by atoms with Crippen molar-refractivity contribution in [1.29, 1.82) is 0 Å². The molecule has 3 N–H and O–H groups in total. The molecule has 0 saturated heterocycles. The monoisotopic (exact) mass is 233 g/mol. The van der Waals surface area contributed by atoms with E-state index in [0.717, 1.165) is 0 Å². The topological polar surface area (TPSA) is 107 Å². The number of amides is 1. The third kappa shape index (κ3) is 2.22. The number of nitrogens with zero attached hydrogens (tertiary/aromatic N) is 3. The quantitative estimate of drug-likeness (QED) is 0.797. The largest absolute Gasteiger partial charge is 0.397 e. The number of hydrogen-bond acceptors (Lipinski definition) is 6. The van der Waals surface area contributed by atoms with Gasteiger partial charge in [-0.15, -0.1) is 0 Å². The maximum Gasteiger partial charge on any atom is 0.292 e. The first-order chi connectivity index (χ1) is 8.22. The van der Waals surface area contributed by atoms with Crippen LogP contribution in [0.25, 0.3) is 11.6 Å². The summed E-state index contributed by atoms with van der Waals surface area (Å²) in [5.74, 6) is -0.298. The van der Waals surface area contributed by atoms with E-state index >= 15 is 0 Å². The molecule has 0 radical (unpaired) electrons. The Bertz CT molecular complexity index is 537. The molecule has 17 heavy (non-hydrogen) atoms. The fraction of sp³-hybridized carbons (Fsp3) is 0.200. The first kappa shape index (κ1) is 11.1. The van der Waals surface area contributed by atoms with Gasteiger partial charge in [-0.2, -0.15) is 4.98 Å². The first-order valence-electron chi connectivity index (χ1n) is 5.05. The Morgan fingerprint density at radius 3 is 3.12 bits per heavy atom. The maximum absolute atomic E-state index is 11.4. The smallest absolute Gasteiger partial charge is 0.292 e. The Morgan fingerprint density at radius 1 is 1.59 bits per heavy atom. The molecule has 0 atom stereocenters. The van der Waals surface area contributed by atoms with Gasteiger partial charge in [-0.3, -0.25) is 4.79 Å². The molecule has 0 fully saturated rings. The molecule has 0 aliphatic carbocycles. The van der Waals surface area contributed by atoms with E-state index in [2.05, 4.69) is 20.4 Å². The van der Waals surface area contributed by atoms with Crippen molar-refractivity contribution < 1.29 is 9.32 Å². The third-order valence-electron chi connectivity index (χ3n) is 2.01. The van der Waals surface area contributed by atoms with E-state index < -0.39 is 5.91 Å². The molecule has 0 aliphatic rings. The standard InChI is InChI=1S/C10H11N5O2/c1-2-12-9(16)8-14-10(17-15-8)7-6(11)4-3-5-13-7/h3-5H,2,11H2,1H3,(H,12,16). The van der Waals surface area contributed by atoms with Crippen LogP contribution in [0.2, 0.25) is 0 Å². The van der Waals surface area contributed by atoms with E-state index in [9.17, 15) is 4.79 Å². The number of anilines is 1. The van der Waals surface area contributed by atoms with E-state index in [-0.39, 0.29) is 11.7 Å². The van der Waals surface area contributed by atoms with Crippen molar-refractivity contribution in [2.75, 3.05) is 12.3 Å². The second kappa shape index (κ2) is 4.60. The van der Waals surface area contributed by atoms with E-state index in [0.29, 0.717) is 17.9 Å². The zero-order valence-corrected chi connectivity index (χ0v) is 9.17. The summed E-state index contributed by atoms with van der Waals surface area (Å²) in [5.41, 5.74) is 6.49. The van der Waals surface area contributed by atoms with Gasteiger partial charge in [0.05, 0.1) is 5.69 Å². The van der Waals surface area contributed by atoms with Crippen molar-refractivity contribution in [2.24, 2.45) is 0 Å². The van der Waals surface area contributed by atoms with E-state index in [1.54, 1.807) is 25.3 Å². The second-order valence-electron chi connectivity index (χ2n) is 3.22.